The van der Waals surface area contributed by atoms with Crippen molar-refractivity contribution in [3.63, 3.8) is 0 Å². The van der Waals surface area contributed by atoms with Gasteiger partial charge in [0.15, 0.2) is 5.78 Å². The summed E-state index contributed by atoms with van der Waals surface area (Å²) in [6, 6.07) is 6.47. The molecule has 2 atom stereocenters. The minimum absolute atomic E-state index is 0.185. The van der Waals surface area contributed by atoms with E-state index in [0.717, 1.165) is 0 Å². The smallest absolute Gasteiger partial charge is 0.391 e. The Labute approximate surface area is 112 Å². The molecule has 7 heteroatoms. The number of alkyl halides is 3. The van der Waals surface area contributed by atoms with Crippen LogP contribution in [-0.4, -0.2) is 46.6 Å². The van der Waals surface area contributed by atoms with Crippen LogP contribution in [0.15, 0.2) is 30.3 Å². The molecule has 1 amide bonds. The highest BCUT2D eigenvalue weighted by Gasteiger charge is 2.49. The Bertz CT molecular complexity index is 515. The number of carbonyl (C=O) groups excluding carboxylic acids is 2. The van der Waals surface area contributed by atoms with Crippen LogP contribution in [-0.2, 0) is 4.79 Å². The molecule has 1 aliphatic heterocycles. The third-order valence-electron chi connectivity index (χ3n) is 3.14. The van der Waals surface area contributed by atoms with Crippen LogP contribution in [0.2, 0.25) is 0 Å². The number of ketones is 1. The zero-order chi connectivity index (χ0) is 14.9. The molecular weight excluding hydrogens is 275 g/mol. The minimum Gasteiger partial charge on any atom is -0.391 e. The average Bonchev–Trinajstić information content (AvgIpc) is 2.79. The molecule has 1 heterocycles. The van der Waals surface area contributed by atoms with Crippen molar-refractivity contribution in [1.82, 2.24) is 4.90 Å². The molecule has 1 aromatic carbocycles. The predicted molar refractivity (Wildman–Crippen MR) is 63.0 cm³/mol. The topological polar surface area (TPSA) is 57.6 Å². The first-order valence-corrected chi connectivity index (χ1v) is 5.96. The molecule has 1 fully saturated rings. The lowest BCUT2D eigenvalue weighted by molar-refractivity contribution is -0.185. The molecule has 1 N–H and O–H groups in total. The number of hydrogen-bond donors (Lipinski definition) is 1. The number of β-amino-alcohol motifs (C(OH)–C–C–N with tert-alkyl or cyclic N) is 1. The lowest BCUT2D eigenvalue weighted by atomic mass is 10.0. The van der Waals surface area contributed by atoms with Crippen LogP contribution in [0.1, 0.15) is 16.8 Å². The maximum atomic E-state index is 12.5. The van der Waals surface area contributed by atoms with Gasteiger partial charge in [0, 0.05) is 18.5 Å². The van der Waals surface area contributed by atoms with Crippen molar-refractivity contribution < 1.29 is 27.9 Å². The van der Waals surface area contributed by atoms with E-state index in [1.807, 2.05) is 0 Å². The molecule has 0 saturated carbocycles. The van der Waals surface area contributed by atoms with E-state index in [2.05, 4.69) is 0 Å². The van der Waals surface area contributed by atoms with Crippen LogP contribution in [0, 0.1) is 0 Å². The summed E-state index contributed by atoms with van der Waals surface area (Å²) in [7, 11) is 0. The Morgan fingerprint density at radius 1 is 1.20 bits per heavy atom. The highest BCUT2D eigenvalue weighted by Crippen LogP contribution is 2.27. The van der Waals surface area contributed by atoms with Crippen LogP contribution < -0.4 is 0 Å². The maximum Gasteiger partial charge on any atom is 0.471 e. The molecule has 0 bridgehead atoms. The fourth-order valence-corrected chi connectivity index (χ4v) is 2.24. The van der Waals surface area contributed by atoms with Gasteiger partial charge in [0.05, 0.1) is 12.1 Å². The monoisotopic (exact) mass is 287 g/mol. The molecule has 20 heavy (non-hydrogen) atoms. The summed E-state index contributed by atoms with van der Waals surface area (Å²) >= 11 is 0. The van der Waals surface area contributed by atoms with Gasteiger partial charge in [0.1, 0.15) is 0 Å². The minimum atomic E-state index is -5.06. The molecule has 0 aromatic heterocycles. The molecule has 1 aliphatic rings. The van der Waals surface area contributed by atoms with Crippen molar-refractivity contribution >= 4 is 11.7 Å². The first kappa shape index (κ1) is 14.5. The molecular formula is C13H12F3NO3. The molecule has 1 saturated heterocycles. The Balaban J connectivity index is 2.25. The Morgan fingerprint density at radius 3 is 2.35 bits per heavy atom. The number of hydrogen-bond acceptors (Lipinski definition) is 3. The number of aliphatic hydroxyl groups is 1. The second kappa shape index (κ2) is 5.24. The third-order valence-corrected chi connectivity index (χ3v) is 3.14. The van der Waals surface area contributed by atoms with Crippen LogP contribution >= 0.6 is 0 Å². The van der Waals surface area contributed by atoms with Gasteiger partial charge in [-0.05, 0) is 0 Å². The summed E-state index contributed by atoms with van der Waals surface area (Å²) in [5.41, 5.74) is 0.214. The fourth-order valence-electron chi connectivity index (χ4n) is 2.24. The van der Waals surface area contributed by atoms with Crippen molar-refractivity contribution in [2.75, 3.05) is 6.54 Å². The molecule has 4 nitrogen and oxygen atoms in total. The van der Waals surface area contributed by atoms with Gasteiger partial charge in [-0.15, -0.1) is 0 Å². The van der Waals surface area contributed by atoms with Crippen LogP contribution in [0.25, 0.3) is 0 Å². The van der Waals surface area contributed by atoms with Crippen LogP contribution in [0.3, 0.4) is 0 Å². The number of halogens is 3. The number of nitrogens with zero attached hydrogens (tertiary/aromatic N) is 1. The SMILES string of the molecule is O=C(c1ccccc1)[C@@H]1CC(O)CN1C(=O)C(F)(F)F. The summed E-state index contributed by atoms with van der Waals surface area (Å²) in [6.45, 7) is -0.485. The largest absolute Gasteiger partial charge is 0.471 e. The quantitative estimate of drug-likeness (QED) is 0.836. The van der Waals surface area contributed by atoms with E-state index in [9.17, 15) is 27.9 Å². The van der Waals surface area contributed by atoms with Crippen LogP contribution in [0.5, 0.6) is 0 Å². The number of Topliss-reactive ketones (excluding diaryl/α,β-unsaturated/α-hetero) is 1. The Kier molecular flexibility index (Phi) is 3.80. The highest BCUT2D eigenvalue weighted by atomic mass is 19.4. The number of aliphatic hydroxyl groups excluding tert-OH is 1. The summed E-state index contributed by atoms with van der Waals surface area (Å²) < 4.78 is 37.4. The Morgan fingerprint density at radius 2 is 1.80 bits per heavy atom. The average molecular weight is 287 g/mol. The van der Waals surface area contributed by atoms with E-state index >= 15 is 0 Å². The van der Waals surface area contributed by atoms with Gasteiger partial charge < -0.3 is 10.0 Å². The lowest BCUT2D eigenvalue weighted by Gasteiger charge is -2.24. The second-order valence-corrected chi connectivity index (χ2v) is 4.59. The highest BCUT2D eigenvalue weighted by molar-refractivity contribution is 6.02. The molecule has 0 aliphatic carbocycles. The van der Waals surface area contributed by atoms with E-state index < -0.39 is 36.6 Å². The molecule has 0 spiro atoms. The van der Waals surface area contributed by atoms with Crippen molar-refractivity contribution in [2.24, 2.45) is 0 Å². The van der Waals surface area contributed by atoms with E-state index in [1.54, 1.807) is 18.2 Å². The lowest BCUT2D eigenvalue weighted by Crippen LogP contribution is -2.47. The maximum absolute atomic E-state index is 12.5. The zero-order valence-corrected chi connectivity index (χ0v) is 10.3. The third kappa shape index (κ3) is 2.82. The van der Waals surface area contributed by atoms with Gasteiger partial charge in [0.2, 0.25) is 0 Å². The van der Waals surface area contributed by atoms with Gasteiger partial charge >= 0.3 is 12.1 Å². The van der Waals surface area contributed by atoms with Crippen molar-refractivity contribution in [2.45, 2.75) is 24.7 Å². The van der Waals surface area contributed by atoms with Gasteiger partial charge in [0.25, 0.3) is 0 Å². The summed E-state index contributed by atoms with van der Waals surface area (Å²) in [5, 5.41) is 9.47. The fraction of sp³-hybridized carbons (Fsp3) is 0.385. The normalized spacial score (nSPS) is 22.9. The van der Waals surface area contributed by atoms with Gasteiger partial charge in [-0.3, -0.25) is 9.59 Å². The first-order valence-electron chi connectivity index (χ1n) is 5.96. The van der Waals surface area contributed by atoms with Gasteiger partial charge in [-0.25, -0.2) is 0 Å². The predicted octanol–water partition coefficient (Wildman–Crippen LogP) is 1.39. The number of rotatable bonds is 2. The van der Waals surface area contributed by atoms with E-state index in [0.29, 0.717) is 4.90 Å². The van der Waals surface area contributed by atoms with Crippen molar-refractivity contribution in [3.8, 4) is 0 Å². The van der Waals surface area contributed by atoms with Crippen LogP contribution in [0.4, 0.5) is 13.2 Å². The van der Waals surface area contributed by atoms with Gasteiger partial charge in [-0.1, -0.05) is 30.3 Å². The summed E-state index contributed by atoms with van der Waals surface area (Å²) in [6.07, 6.45) is -6.37. The van der Waals surface area contributed by atoms with Crippen molar-refractivity contribution in [3.05, 3.63) is 35.9 Å². The summed E-state index contributed by atoms with van der Waals surface area (Å²) in [5.74, 6) is -2.69. The molecule has 108 valence electrons. The standard InChI is InChI=1S/C13H12F3NO3/c14-13(15,16)12(20)17-7-9(18)6-10(17)11(19)8-4-2-1-3-5-8/h1-5,9-10,18H,6-7H2/t9?,10-/m0/s1. The van der Waals surface area contributed by atoms with E-state index in [4.69, 9.17) is 0 Å². The number of carbonyl (C=O) groups is 2. The molecule has 0 radical (unpaired) electrons. The van der Waals surface area contributed by atoms with E-state index in [-0.39, 0.29) is 12.0 Å². The number of benzene rings is 1. The molecule has 1 unspecified atom stereocenters. The van der Waals surface area contributed by atoms with Gasteiger partial charge in [-0.2, -0.15) is 13.2 Å². The van der Waals surface area contributed by atoms with Crippen molar-refractivity contribution in [1.29, 1.82) is 0 Å². The molecule has 1 aromatic rings. The number of likely N-dealkylation sites (tertiary alicyclic amines) is 1. The Hall–Kier alpha value is -1.89. The molecule has 2 rings (SSSR count). The zero-order valence-electron chi connectivity index (χ0n) is 10.3. The summed E-state index contributed by atoms with van der Waals surface area (Å²) in [4.78, 5) is 23.9. The number of amides is 1. The second-order valence-electron chi connectivity index (χ2n) is 4.59. The van der Waals surface area contributed by atoms with E-state index in [1.165, 1.54) is 12.1 Å². The first-order chi connectivity index (χ1) is 9.30.